The first-order valence-electron chi connectivity index (χ1n) is 6.37. The number of ketones is 1. The average Bonchev–Trinajstić information content (AvgIpc) is 2.31. The largest absolute Gasteiger partial charge is 0.470 e. The molecule has 0 aromatic heterocycles. The SMILES string of the molecule is CC(C)(C)OC(=O)NCCC(O)[C@@H](O)C(=O)COP(=O)(O)O. The van der Waals surface area contributed by atoms with Crippen molar-refractivity contribution in [2.24, 2.45) is 0 Å². The van der Waals surface area contributed by atoms with Gasteiger partial charge in [-0.3, -0.25) is 9.32 Å². The van der Waals surface area contributed by atoms with E-state index in [-0.39, 0.29) is 13.0 Å². The van der Waals surface area contributed by atoms with E-state index in [1.165, 1.54) is 0 Å². The zero-order valence-corrected chi connectivity index (χ0v) is 13.4. The van der Waals surface area contributed by atoms with Gasteiger partial charge in [0.1, 0.15) is 18.3 Å². The third-order valence-electron chi connectivity index (χ3n) is 2.18. The third kappa shape index (κ3) is 10.7. The molecule has 130 valence electrons. The molecule has 2 atom stereocenters. The van der Waals surface area contributed by atoms with Gasteiger partial charge in [-0.05, 0) is 27.2 Å². The molecule has 0 bridgehead atoms. The van der Waals surface area contributed by atoms with Crippen LogP contribution in [0, 0.1) is 0 Å². The topological polar surface area (TPSA) is 163 Å². The number of nitrogens with one attached hydrogen (secondary N) is 1. The average molecular weight is 343 g/mol. The Balaban J connectivity index is 4.10. The molecule has 0 aliphatic heterocycles. The molecule has 1 unspecified atom stereocenters. The normalized spacial score (nSPS) is 15.0. The second kappa shape index (κ2) is 8.56. The maximum absolute atomic E-state index is 11.3. The summed E-state index contributed by atoms with van der Waals surface area (Å²) in [6.45, 7) is 3.91. The summed E-state index contributed by atoms with van der Waals surface area (Å²) in [7, 11) is -4.83. The second-order valence-corrected chi connectivity index (χ2v) is 6.70. The lowest BCUT2D eigenvalue weighted by Crippen LogP contribution is -2.39. The monoisotopic (exact) mass is 343 g/mol. The fourth-order valence-electron chi connectivity index (χ4n) is 1.24. The molecule has 11 heteroatoms. The summed E-state index contributed by atoms with van der Waals surface area (Å²) in [5, 5.41) is 21.3. The van der Waals surface area contributed by atoms with Gasteiger partial charge in [0.25, 0.3) is 0 Å². The van der Waals surface area contributed by atoms with Gasteiger partial charge in [0.05, 0.1) is 6.10 Å². The minimum Gasteiger partial charge on any atom is -0.444 e. The summed E-state index contributed by atoms with van der Waals surface area (Å²) in [6, 6.07) is 0. The van der Waals surface area contributed by atoms with Crippen molar-refractivity contribution in [3.8, 4) is 0 Å². The number of hydrogen-bond acceptors (Lipinski definition) is 7. The lowest BCUT2D eigenvalue weighted by molar-refractivity contribution is -0.135. The number of phosphoric ester groups is 1. The second-order valence-electron chi connectivity index (χ2n) is 5.46. The van der Waals surface area contributed by atoms with Crippen LogP contribution in [0.4, 0.5) is 4.79 Å². The van der Waals surface area contributed by atoms with Crippen molar-refractivity contribution in [2.75, 3.05) is 13.2 Å². The van der Waals surface area contributed by atoms with Gasteiger partial charge in [-0.15, -0.1) is 0 Å². The summed E-state index contributed by atoms with van der Waals surface area (Å²) in [6.07, 6.45) is -4.29. The van der Waals surface area contributed by atoms with Crippen molar-refractivity contribution in [3.63, 3.8) is 0 Å². The number of carbonyl (C=O) groups is 2. The van der Waals surface area contributed by atoms with Crippen molar-refractivity contribution >= 4 is 19.7 Å². The Kier molecular flexibility index (Phi) is 8.16. The van der Waals surface area contributed by atoms with Crippen LogP contribution < -0.4 is 5.32 Å². The number of phosphoric acid groups is 1. The molecule has 0 saturated carbocycles. The number of aliphatic hydroxyl groups is 2. The minimum atomic E-state index is -4.83. The highest BCUT2D eigenvalue weighted by Crippen LogP contribution is 2.35. The van der Waals surface area contributed by atoms with E-state index < -0.39 is 44.1 Å². The zero-order chi connectivity index (χ0) is 17.6. The summed E-state index contributed by atoms with van der Waals surface area (Å²) in [5.74, 6) is -1.09. The van der Waals surface area contributed by atoms with Crippen molar-refractivity contribution < 1.29 is 43.4 Å². The highest BCUT2D eigenvalue weighted by Gasteiger charge is 2.27. The number of rotatable bonds is 8. The first-order chi connectivity index (χ1) is 9.82. The molecule has 0 aromatic rings. The predicted molar refractivity (Wildman–Crippen MR) is 73.9 cm³/mol. The van der Waals surface area contributed by atoms with Gasteiger partial charge in [-0.2, -0.15) is 0 Å². The van der Waals surface area contributed by atoms with Gasteiger partial charge in [0.2, 0.25) is 0 Å². The van der Waals surface area contributed by atoms with Gasteiger partial charge in [0, 0.05) is 6.54 Å². The zero-order valence-electron chi connectivity index (χ0n) is 12.6. The molecule has 1 amide bonds. The highest BCUT2D eigenvalue weighted by molar-refractivity contribution is 7.46. The van der Waals surface area contributed by atoms with Crippen molar-refractivity contribution in [1.29, 1.82) is 0 Å². The van der Waals surface area contributed by atoms with E-state index in [0.717, 1.165) is 0 Å². The first kappa shape index (κ1) is 21.0. The van der Waals surface area contributed by atoms with Gasteiger partial charge >= 0.3 is 13.9 Å². The van der Waals surface area contributed by atoms with Crippen LogP contribution in [0.3, 0.4) is 0 Å². The number of Topliss-reactive ketones (excluding diaryl/α,β-unsaturated/α-hetero) is 1. The maximum atomic E-state index is 11.3. The van der Waals surface area contributed by atoms with Gasteiger partial charge in [-0.25, -0.2) is 9.36 Å². The summed E-state index contributed by atoms with van der Waals surface area (Å²) < 4.78 is 19.3. The van der Waals surface area contributed by atoms with E-state index >= 15 is 0 Å². The molecule has 0 spiro atoms. The molecule has 0 fully saturated rings. The third-order valence-corrected chi connectivity index (χ3v) is 2.64. The fourth-order valence-corrected chi connectivity index (χ4v) is 1.54. The van der Waals surface area contributed by atoms with E-state index in [4.69, 9.17) is 14.5 Å². The number of carbonyl (C=O) groups excluding carboxylic acids is 2. The lowest BCUT2D eigenvalue weighted by atomic mass is 10.1. The number of amides is 1. The van der Waals surface area contributed by atoms with Crippen LogP contribution in [0.2, 0.25) is 0 Å². The van der Waals surface area contributed by atoms with Crippen LogP contribution in [0.25, 0.3) is 0 Å². The molecule has 0 aliphatic rings. The molecule has 0 heterocycles. The smallest absolute Gasteiger partial charge is 0.444 e. The molecule has 0 saturated heterocycles. The highest BCUT2D eigenvalue weighted by atomic mass is 31.2. The Morgan fingerprint density at radius 1 is 1.23 bits per heavy atom. The van der Waals surface area contributed by atoms with Crippen LogP contribution in [-0.2, 0) is 18.6 Å². The molecule has 0 aromatic carbocycles. The first-order valence-corrected chi connectivity index (χ1v) is 7.90. The minimum absolute atomic E-state index is 0.0697. The summed E-state index contributed by atoms with van der Waals surface area (Å²) >= 11 is 0. The van der Waals surface area contributed by atoms with Gasteiger partial charge in [0.15, 0.2) is 5.78 Å². The lowest BCUT2D eigenvalue weighted by Gasteiger charge is -2.20. The quantitative estimate of drug-likeness (QED) is 0.359. The van der Waals surface area contributed by atoms with Crippen LogP contribution in [0.5, 0.6) is 0 Å². The molecule has 10 nitrogen and oxygen atoms in total. The molecule has 5 N–H and O–H groups in total. The van der Waals surface area contributed by atoms with Crippen molar-refractivity contribution in [1.82, 2.24) is 5.32 Å². The standard InChI is InChI=1S/C11H22NO9P/c1-11(2,3)21-10(16)12-5-4-7(13)9(15)8(14)6-20-22(17,18)19/h7,9,13,15H,4-6H2,1-3H3,(H,12,16)(H2,17,18,19)/t7?,9-/m1/s1. The van der Waals surface area contributed by atoms with Crippen molar-refractivity contribution in [2.45, 2.75) is 45.0 Å². The van der Waals surface area contributed by atoms with Gasteiger partial charge in [-0.1, -0.05) is 0 Å². The molecular weight excluding hydrogens is 321 g/mol. The molecular formula is C11H22NO9P. The van der Waals surface area contributed by atoms with Crippen LogP contribution in [0.1, 0.15) is 27.2 Å². The number of ether oxygens (including phenoxy) is 1. The fraction of sp³-hybridized carbons (Fsp3) is 0.818. The van der Waals surface area contributed by atoms with E-state index in [2.05, 4.69) is 9.84 Å². The Hall–Kier alpha value is -1.03. The van der Waals surface area contributed by atoms with Gasteiger partial charge < -0.3 is 30.1 Å². The summed E-state index contributed by atoms with van der Waals surface area (Å²) in [5.41, 5.74) is -0.682. The van der Waals surface area contributed by atoms with E-state index in [9.17, 15) is 24.4 Å². The molecule has 0 rings (SSSR count). The van der Waals surface area contributed by atoms with Crippen LogP contribution in [0.15, 0.2) is 0 Å². The Labute approximate surface area is 127 Å². The van der Waals surface area contributed by atoms with Crippen molar-refractivity contribution in [3.05, 3.63) is 0 Å². The Bertz CT molecular complexity index is 428. The van der Waals surface area contributed by atoms with E-state index in [0.29, 0.717) is 0 Å². The maximum Gasteiger partial charge on any atom is 0.470 e. The Morgan fingerprint density at radius 2 is 1.77 bits per heavy atom. The summed E-state index contributed by atoms with van der Waals surface area (Å²) in [4.78, 5) is 39.5. The molecule has 22 heavy (non-hydrogen) atoms. The van der Waals surface area contributed by atoms with E-state index in [1.54, 1.807) is 20.8 Å². The predicted octanol–water partition coefficient (Wildman–Crippen LogP) is -0.699. The number of alkyl carbamates (subject to hydrolysis) is 1. The molecule has 0 aliphatic carbocycles. The van der Waals surface area contributed by atoms with E-state index in [1.807, 2.05) is 0 Å². The van der Waals surface area contributed by atoms with Crippen LogP contribution >= 0.6 is 7.82 Å². The molecule has 0 radical (unpaired) electrons. The number of hydrogen-bond donors (Lipinski definition) is 5. The van der Waals surface area contributed by atoms with Crippen LogP contribution in [-0.4, -0.2) is 62.8 Å². The Morgan fingerprint density at radius 3 is 2.23 bits per heavy atom. The number of aliphatic hydroxyl groups excluding tert-OH is 2.